The van der Waals surface area contributed by atoms with E-state index in [-0.39, 0.29) is 27.8 Å². The Kier molecular flexibility index (Phi) is 6.95. The standard InChI is InChI=1S/C21H18BrClN2O7/c1-29-15-9-14(16(30-2)8-13(15)23)25-20(27)11(19(26)24-21(25)28)5-10-6-17(31-3)18(32-4)7-12(10)22/h5-9H,1-4H3,(H,24,26,28)/b11-5+. The van der Waals surface area contributed by atoms with Gasteiger partial charge in [-0.25, -0.2) is 9.69 Å². The summed E-state index contributed by atoms with van der Waals surface area (Å²) in [5, 5.41) is 2.38. The van der Waals surface area contributed by atoms with Crippen molar-refractivity contribution in [2.24, 2.45) is 0 Å². The predicted molar refractivity (Wildman–Crippen MR) is 121 cm³/mol. The van der Waals surface area contributed by atoms with Gasteiger partial charge in [0, 0.05) is 16.6 Å². The minimum Gasteiger partial charge on any atom is -0.495 e. The molecular formula is C21H18BrClN2O7. The fourth-order valence-corrected chi connectivity index (χ4v) is 3.70. The first kappa shape index (κ1) is 23.4. The van der Waals surface area contributed by atoms with Gasteiger partial charge in [0.2, 0.25) is 0 Å². The molecule has 0 aliphatic carbocycles. The summed E-state index contributed by atoms with van der Waals surface area (Å²) in [4.78, 5) is 39.2. The molecule has 168 valence electrons. The number of methoxy groups -OCH3 is 4. The zero-order valence-electron chi connectivity index (χ0n) is 17.4. The monoisotopic (exact) mass is 524 g/mol. The van der Waals surface area contributed by atoms with Crippen molar-refractivity contribution in [3.63, 3.8) is 0 Å². The quantitative estimate of drug-likeness (QED) is 0.452. The van der Waals surface area contributed by atoms with E-state index in [9.17, 15) is 14.4 Å². The lowest BCUT2D eigenvalue weighted by molar-refractivity contribution is -0.122. The van der Waals surface area contributed by atoms with Gasteiger partial charge in [-0.15, -0.1) is 0 Å². The van der Waals surface area contributed by atoms with Gasteiger partial charge in [0.15, 0.2) is 11.5 Å². The second kappa shape index (κ2) is 9.49. The number of anilines is 1. The Morgan fingerprint density at radius 2 is 1.47 bits per heavy atom. The molecule has 1 N–H and O–H groups in total. The van der Waals surface area contributed by atoms with Crippen LogP contribution in [-0.2, 0) is 9.59 Å². The maximum atomic E-state index is 13.3. The molecule has 1 saturated heterocycles. The lowest BCUT2D eigenvalue weighted by Crippen LogP contribution is -2.54. The number of rotatable bonds is 6. The van der Waals surface area contributed by atoms with E-state index in [1.54, 1.807) is 12.1 Å². The van der Waals surface area contributed by atoms with Crippen LogP contribution in [0.4, 0.5) is 10.5 Å². The number of imide groups is 2. The van der Waals surface area contributed by atoms with Gasteiger partial charge in [0.25, 0.3) is 11.8 Å². The van der Waals surface area contributed by atoms with Gasteiger partial charge in [0.1, 0.15) is 17.1 Å². The van der Waals surface area contributed by atoms with Crippen LogP contribution in [-0.4, -0.2) is 46.3 Å². The van der Waals surface area contributed by atoms with E-state index in [1.807, 2.05) is 0 Å². The molecule has 11 heteroatoms. The smallest absolute Gasteiger partial charge is 0.336 e. The van der Waals surface area contributed by atoms with Crippen LogP contribution in [0, 0.1) is 0 Å². The topological polar surface area (TPSA) is 103 Å². The predicted octanol–water partition coefficient (Wildman–Crippen LogP) is 3.80. The molecule has 9 nitrogen and oxygen atoms in total. The molecule has 2 aromatic rings. The molecule has 0 spiro atoms. The van der Waals surface area contributed by atoms with Crippen LogP contribution < -0.4 is 29.2 Å². The molecule has 1 fully saturated rings. The Labute approximate surface area is 196 Å². The molecule has 1 aliphatic rings. The highest BCUT2D eigenvalue weighted by Gasteiger charge is 2.38. The van der Waals surface area contributed by atoms with Crippen molar-refractivity contribution in [2.75, 3.05) is 33.3 Å². The first-order valence-corrected chi connectivity index (χ1v) is 10.2. The van der Waals surface area contributed by atoms with E-state index in [1.165, 1.54) is 46.6 Å². The molecule has 4 amide bonds. The van der Waals surface area contributed by atoms with Gasteiger partial charge in [-0.1, -0.05) is 27.5 Å². The number of hydrogen-bond acceptors (Lipinski definition) is 7. The maximum Gasteiger partial charge on any atom is 0.336 e. The zero-order valence-corrected chi connectivity index (χ0v) is 19.8. The number of amides is 4. The summed E-state index contributed by atoms with van der Waals surface area (Å²) in [6.45, 7) is 0. The number of carbonyl (C=O) groups excluding carboxylic acids is 3. The fourth-order valence-electron chi connectivity index (χ4n) is 3.03. The molecule has 32 heavy (non-hydrogen) atoms. The van der Waals surface area contributed by atoms with E-state index in [2.05, 4.69) is 21.2 Å². The van der Waals surface area contributed by atoms with Crippen LogP contribution >= 0.6 is 27.5 Å². The number of carbonyl (C=O) groups is 3. The highest BCUT2D eigenvalue weighted by molar-refractivity contribution is 9.10. The molecule has 3 rings (SSSR count). The molecule has 0 bridgehead atoms. The van der Waals surface area contributed by atoms with Crippen molar-refractivity contribution < 1.29 is 33.3 Å². The summed E-state index contributed by atoms with van der Waals surface area (Å²) in [5.74, 6) is -0.506. The molecule has 0 atom stereocenters. The summed E-state index contributed by atoms with van der Waals surface area (Å²) in [6, 6.07) is 5.06. The number of nitrogens with zero attached hydrogens (tertiary/aromatic N) is 1. The third kappa shape index (κ3) is 4.23. The molecule has 1 heterocycles. The number of nitrogens with one attached hydrogen (secondary N) is 1. The summed E-state index contributed by atoms with van der Waals surface area (Å²) < 4.78 is 21.5. The lowest BCUT2D eigenvalue weighted by Gasteiger charge is -2.28. The van der Waals surface area contributed by atoms with E-state index < -0.39 is 17.8 Å². The lowest BCUT2D eigenvalue weighted by atomic mass is 10.1. The SMILES string of the molecule is COc1cc(N2C(=O)NC(=O)/C(=C\c3cc(OC)c(OC)cc3Br)C2=O)c(OC)cc1Cl. The van der Waals surface area contributed by atoms with Crippen LogP contribution in [0.15, 0.2) is 34.3 Å². The zero-order chi connectivity index (χ0) is 23.6. The summed E-state index contributed by atoms with van der Waals surface area (Å²) in [7, 11) is 5.69. The Balaban J connectivity index is 2.13. The number of ether oxygens (including phenoxy) is 4. The Hall–Kier alpha value is -3.24. The third-order valence-electron chi connectivity index (χ3n) is 4.60. The highest BCUT2D eigenvalue weighted by Crippen LogP contribution is 2.40. The molecular weight excluding hydrogens is 508 g/mol. The largest absolute Gasteiger partial charge is 0.495 e. The van der Waals surface area contributed by atoms with Crippen LogP contribution in [0.25, 0.3) is 6.08 Å². The van der Waals surface area contributed by atoms with Gasteiger partial charge in [-0.05, 0) is 23.8 Å². The van der Waals surface area contributed by atoms with Gasteiger partial charge in [0.05, 0.1) is 39.1 Å². The highest BCUT2D eigenvalue weighted by atomic mass is 79.9. The van der Waals surface area contributed by atoms with E-state index in [0.29, 0.717) is 21.5 Å². The van der Waals surface area contributed by atoms with Crippen molar-refractivity contribution in [2.45, 2.75) is 0 Å². The van der Waals surface area contributed by atoms with E-state index in [4.69, 9.17) is 30.5 Å². The van der Waals surface area contributed by atoms with Crippen LogP contribution in [0.1, 0.15) is 5.56 Å². The van der Waals surface area contributed by atoms with Crippen molar-refractivity contribution in [3.05, 3.63) is 44.9 Å². The van der Waals surface area contributed by atoms with Crippen molar-refractivity contribution in [3.8, 4) is 23.0 Å². The van der Waals surface area contributed by atoms with E-state index in [0.717, 1.165) is 4.90 Å². The van der Waals surface area contributed by atoms with Crippen LogP contribution in [0.3, 0.4) is 0 Å². The van der Waals surface area contributed by atoms with E-state index >= 15 is 0 Å². The fraction of sp³-hybridized carbons (Fsp3) is 0.190. The molecule has 0 unspecified atom stereocenters. The van der Waals surface area contributed by atoms with Crippen LogP contribution in [0.5, 0.6) is 23.0 Å². The van der Waals surface area contributed by atoms with Crippen molar-refractivity contribution in [1.82, 2.24) is 5.32 Å². The second-order valence-electron chi connectivity index (χ2n) is 6.35. The second-order valence-corrected chi connectivity index (χ2v) is 7.61. The number of benzene rings is 2. The molecule has 0 radical (unpaired) electrons. The maximum absolute atomic E-state index is 13.3. The number of hydrogen-bond donors (Lipinski definition) is 1. The number of barbiturate groups is 1. The average Bonchev–Trinajstić information content (AvgIpc) is 2.77. The summed E-state index contributed by atoms with van der Waals surface area (Å²) in [6.07, 6.45) is 1.34. The molecule has 0 saturated carbocycles. The Bertz CT molecular complexity index is 1150. The van der Waals surface area contributed by atoms with Gasteiger partial charge in [-0.2, -0.15) is 0 Å². The Morgan fingerprint density at radius 3 is 2.06 bits per heavy atom. The Morgan fingerprint density at radius 1 is 0.875 bits per heavy atom. The molecule has 0 aromatic heterocycles. The normalized spacial score (nSPS) is 15.0. The summed E-state index contributed by atoms with van der Waals surface area (Å²) >= 11 is 9.50. The van der Waals surface area contributed by atoms with Crippen molar-refractivity contribution in [1.29, 1.82) is 0 Å². The minimum atomic E-state index is -0.939. The molecule has 1 aliphatic heterocycles. The van der Waals surface area contributed by atoms with Gasteiger partial charge in [-0.3, -0.25) is 14.9 Å². The van der Waals surface area contributed by atoms with Crippen LogP contribution in [0.2, 0.25) is 5.02 Å². The van der Waals surface area contributed by atoms with Gasteiger partial charge >= 0.3 is 6.03 Å². The third-order valence-corrected chi connectivity index (χ3v) is 5.58. The number of urea groups is 1. The van der Waals surface area contributed by atoms with Crippen molar-refractivity contribution >= 4 is 57.1 Å². The van der Waals surface area contributed by atoms with Gasteiger partial charge < -0.3 is 18.9 Å². The average molecular weight is 526 g/mol. The molecule has 2 aromatic carbocycles. The first-order chi connectivity index (χ1) is 15.2. The first-order valence-electron chi connectivity index (χ1n) is 9.00. The summed E-state index contributed by atoms with van der Waals surface area (Å²) in [5.41, 5.74) is 0.227. The minimum absolute atomic E-state index is 0.0565. The number of halogens is 2.